The van der Waals surface area contributed by atoms with Crippen LogP contribution in [-0.2, 0) is 9.53 Å². The first-order valence-corrected chi connectivity index (χ1v) is 13.4. The van der Waals surface area contributed by atoms with Gasteiger partial charge in [-0.3, -0.25) is 14.6 Å². The van der Waals surface area contributed by atoms with Crippen molar-refractivity contribution in [2.24, 2.45) is 0 Å². The van der Waals surface area contributed by atoms with Gasteiger partial charge in [-0.2, -0.15) is 0 Å². The summed E-state index contributed by atoms with van der Waals surface area (Å²) in [5.41, 5.74) is 3.58. The second-order valence-corrected chi connectivity index (χ2v) is 10.1. The highest BCUT2D eigenvalue weighted by atomic mass is 35.5. The Morgan fingerprint density at radius 1 is 1.05 bits per heavy atom. The molecule has 0 radical (unpaired) electrons. The summed E-state index contributed by atoms with van der Waals surface area (Å²) in [4.78, 5) is 45.3. The van der Waals surface area contributed by atoms with Gasteiger partial charge in [0.05, 0.1) is 18.2 Å². The van der Waals surface area contributed by atoms with Gasteiger partial charge in [-0.25, -0.2) is 9.59 Å². The molecule has 0 unspecified atom stereocenters. The van der Waals surface area contributed by atoms with E-state index >= 15 is 0 Å². The average Bonchev–Trinajstić information content (AvgIpc) is 2.89. The van der Waals surface area contributed by atoms with Crippen LogP contribution in [0, 0.1) is 6.92 Å². The average molecular weight is 539 g/mol. The molecule has 2 aliphatic rings. The van der Waals surface area contributed by atoms with Crippen LogP contribution in [0.1, 0.15) is 48.3 Å². The minimum Gasteiger partial charge on any atom is -0.463 e. The van der Waals surface area contributed by atoms with Crippen LogP contribution in [0.15, 0.2) is 59.8 Å². The first-order valence-electron chi connectivity index (χ1n) is 13.1. The number of halogens is 1. The smallest absolute Gasteiger partial charge is 0.338 e. The van der Waals surface area contributed by atoms with Gasteiger partial charge in [0.1, 0.15) is 0 Å². The van der Waals surface area contributed by atoms with Gasteiger partial charge in [-0.1, -0.05) is 41.4 Å². The van der Waals surface area contributed by atoms with E-state index in [1.807, 2.05) is 62.1 Å². The summed E-state index contributed by atoms with van der Waals surface area (Å²) in [6, 6.07) is 13.8. The monoisotopic (exact) mass is 538 g/mol. The molecule has 2 atom stereocenters. The highest BCUT2D eigenvalue weighted by Gasteiger charge is 2.39. The number of carbonyl (C=O) groups is 3. The van der Waals surface area contributed by atoms with Crippen molar-refractivity contribution in [1.29, 1.82) is 0 Å². The fourth-order valence-electron chi connectivity index (χ4n) is 5.12. The molecule has 0 spiro atoms. The van der Waals surface area contributed by atoms with E-state index in [1.165, 1.54) is 0 Å². The SMILES string of the molecule is CCOC(=O)C1=C(CN2CCN(C(=O)c3ccc(C)cc3)[C@H](C)C2)N(CC)C(=O)N[C@H]1c1ccc(Cl)cc1. The maximum Gasteiger partial charge on any atom is 0.338 e. The number of benzene rings is 2. The van der Waals surface area contributed by atoms with E-state index in [1.54, 1.807) is 24.0 Å². The third-order valence-corrected chi connectivity index (χ3v) is 7.35. The number of nitrogens with zero attached hydrogens (tertiary/aromatic N) is 3. The number of rotatable bonds is 7. The lowest BCUT2D eigenvalue weighted by molar-refractivity contribution is -0.139. The van der Waals surface area contributed by atoms with Crippen LogP contribution in [0.25, 0.3) is 0 Å². The highest BCUT2D eigenvalue weighted by molar-refractivity contribution is 6.30. The van der Waals surface area contributed by atoms with Crippen molar-refractivity contribution in [2.75, 3.05) is 39.3 Å². The molecule has 1 N–H and O–H groups in total. The van der Waals surface area contributed by atoms with Crippen molar-refractivity contribution in [3.05, 3.63) is 81.5 Å². The van der Waals surface area contributed by atoms with E-state index in [0.717, 1.165) is 11.1 Å². The van der Waals surface area contributed by atoms with Crippen LogP contribution in [-0.4, -0.2) is 78.0 Å². The summed E-state index contributed by atoms with van der Waals surface area (Å²) in [5.74, 6) is -0.444. The molecule has 9 heteroatoms. The van der Waals surface area contributed by atoms with Gasteiger partial charge in [0.15, 0.2) is 0 Å². The molecule has 0 bridgehead atoms. The molecule has 3 amide bonds. The third-order valence-electron chi connectivity index (χ3n) is 7.10. The van der Waals surface area contributed by atoms with Crippen molar-refractivity contribution < 1.29 is 19.1 Å². The first kappa shape index (κ1) is 27.7. The van der Waals surface area contributed by atoms with E-state index in [2.05, 4.69) is 10.2 Å². The van der Waals surface area contributed by atoms with Gasteiger partial charge in [0.25, 0.3) is 5.91 Å². The molecule has 2 heterocycles. The van der Waals surface area contributed by atoms with E-state index in [9.17, 15) is 14.4 Å². The van der Waals surface area contributed by atoms with Crippen LogP contribution in [0.5, 0.6) is 0 Å². The van der Waals surface area contributed by atoms with Crippen LogP contribution < -0.4 is 5.32 Å². The van der Waals surface area contributed by atoms with Gasteiger partial charge < -0.3 is 15.0 Å². The molecule has 2 aliphatic heterocycles. The van der Waals surface area contributed by atoms with Crippen LogP contribution in [0.3, 0.4) is 0 Å². The molecule has 2 aromatic rings. The largest absolute Gasteiger partial charge is 0.463 e. The Morgan fingerprint density at radius 2 is 1.74 bits per heavy atom. The molecule has 1 saturated heterocycles. The van der Waals surface area contributed by atoms with Gasteiger partial charge in [0, 0.05) is 55.0 Å². The van der Waals surface area contributed by atoms with Gasteiger partial charge in [-0.15, -0.1) is 0 Å². The lowest BCUT2D eigenvalue weighted by atomic mass is 9.94. The Balaban J connectivity index is 1.62. The quantitative estimate of drug-likeness (QED) is 0.528. The lowest BCUT2D eigenvalue weighted by Gasteiger charge is -2.43. The molecule has 0 saturated carbocycles. The Hall–Kier alpha value is -3.36. The molecule has 4 rings (SSSR count). The Morgan fingerprint density at radius 3 is 2.34 bits per heavy atom. The molecule has 8 nitrogen and oxygen atoms in total. The molecule has 0 aliphatic carbocycles. The fraction of sp³-hybridized carbons (Fsp3) is 0.414. The zero-order chi connectivity index (χ0) is 27.4. The number of carbonyl (C=O) groups excluding carboxylic acids is 3. The minimum atomic E-state index is -0.654. The van der Waals surface area contributed by atoms with E-state index in [0.29, 0.717) is 54.6 Å². The number of esters is 1. The predicted octanol–water partition coefficient (Wildman–Crippen LogP) is 4.40. The number of ether oxygens (including phenoxy) is 1. The molecule has 2 aromatic carbocycles. The molecule has 202 valence electrons. The van der Waals surface area contributed by atoms with Crippen LogP contribution >= 0.6 is 11.6 Å². The zero-order valence-electron chi connectivity index (χ0n) is 22.4. The summed E-state index contributed by atoms with van der Waals surface area (Å²) in [6.45, 7) is 10.5. The highest BCUT2D eigenvalue weighted by Crippen LogP contribution is 2.33. The van der Waals surface area contributed by atoms with Crippen molar-refractivity contribution in [3.8, 4) is 0 Å². The number of hydrogen-bond acceptors (Lipinski definition) is 5. The van der Waals surface area contributed by atoms with Crippen LogP contribution in [0.4, 0.5) is 4.79 Å². The Bertz CT molecular complexity index is 1210. The Labute approximate surface area is 229 Å². The molecule has 1 fully saturated rings. The van der Waals surface area contributed by atoms with Crippen LogP contribution in [0.2, 0.25) is 5.02 Å². The van der Waals surface area contributed by atoms with Gasteiger partial charge >= 0.3 is 12.0 Å². The summed E-state index contributed by atoms with van der Waals surface area (Å²) < 4.78 is 5.46. The number of aryl methyl sites for hydroxylation is 1. The lowest BCUT2D eigenvalue weighted by Crippen LogP contribution is -2.56. The third kappa shape index (κ3) is 5.87. The molecular formula is C29H35ClN4O4. The van der Waals surface area contributed by atoms with Gasteiger partial charge in [-0.05, 0) is 57.5 Å². The summed E-state index contributed by atoms with van der Waals surface area (Å²) in [5, 5.41) is 3.55. The van der Waals surface area contributed by atoms with Crippen molar-refractivity contribution in [1.82, 2.24) is 20.0 Å². The second kappa shape index (κ2) is 12.0. The standard InChI is InChI=1S/C29H35ClN4O4/c1-5-33-24(18-32-15-16-34(20(4)17-32)27(35)22-9-7-19(3)8-10-22)25(28(36)38-6-2)26(31-29(33)37)21-11-13-23(30)14-12-21/h7-14,20,26H,5-6,15-18H2,1-4H3,(H,31,37)/t20-,26+/m1/s1. The fourth-order valence-corrected chi connectivity index (χ4v) is 5.24. The van der Waals surface area contributed by atoms with Crippen molar-refractivity contribution >= 4 is 29.5 Å². The van der Waals surface area contributed by atoms with Crippen molar-refractivity contribution in [2.45, 2.75) is 39.8 Å². The maximum absolute atomic E-state index is 13.3. The normalized spacial score (nSPS) is 20.4. The molecule has 0 aromatic heterocycles. The number of likely N-dealkylation sites (N-methyl/N-ethyl adjacent to an activating group) is 1. The Kier molecular flexibility index (Phi) is 8.74. The molecule has 38 heavy (non-hydrogen) atoms. The maximum atomic E-state index is 13.3. The summed E-state index contributed by atoms with van der Waals surface area (Å²) in [6.07, 6.45) is 0. The summed E-state index contributed by atoms with van der Waals surface area (Å²) >= 11 is 6.09. The second-order valence-electron chi connectivity index (χ2n) is 9.71. The van der Waals surface area contributed by atoms with E-state index in [4.69, 9.17) is 16.3 Å². The van der Waals surface area contributed by atoms with E-state index in [-0.39, 0.29) is 24.6 Å². The number of urea groups is 1. The van der Waals surface area contributed by atoms with E-state index < -0.39 is 12.0 Å². The first-order chi connectivity index (χ1) is 18.2. The zero-order valence-corrected chi connectivity index (χ0v) is 23.1. The number of piperazine rings is 1. The minimum absolute atomic E-state index is 0.0126. The predicted molar refractivity (Wildman–Crippen MR) is 147 cm³/mol. The molecular weight excluding hydrogens is 504 g/mol. The number of amides is 3. The van der Waals surface area contributed by atoms with Crippen molar-refractivity contribution in [3.63, 3.8) is 0 Å². The number of hydrogen-bond donors (Lipinski definition) is 1. The topological polar surface area (TPSA) is 82.2 Å². The summed E-state index contributed by atoms with van der Waals surface area (Å²) in [7, 11) is 0. The number of nitrogens with one attached hydrogen (secondary N) is 1. The van der Waals surface area contributed by atoms with Gasteiger partial charge in [0.2, 0.25) is 0 Å².